The Balaban J connectivity index is 1.61. The molecule has 0 spiro atoms. The lowest BCUT2D eigenvalue weighted by molar-refractivity contribution is 0.0675. The van der Waals surface area contributed by atoms with Crippen LogP contribution in [0.3, 0.4) is 0 Å². The predicted molar refractivity (Wildman–Crippen MR) is 85.8 cm³/mol. The van der Waals surface area contributed by atoms with Crippen LogP contribution in [-0.4, -0.2) is 26.9 Å². The first-order chi connectivity index (χ1) is 11.2. The Hall–Kier alpha value is -2.82. The fraction of sp³-hybridized carbons (Fsp3) is 0.222. The van der Waals surface area contributed by atoms with Crippen molar-refractivity contribution in [1.29, 1.82) is 0 Å². The highest BCUT2D eigenvalue weighted by Gasteiger charge is 2.25. The van der Waals surface area contributed by atoms with E-state index >= 15 is 0 Å². The highest BCUT2D eigenvalue weighted by atomic mass is 16.3. The Labute approximate surface area is 134 Å². The molecule has 0 saturated carbocycles. The van der Waals surface area contributed by atoms with Gasteiger partial charge < -0.3 is 13.9 Å². The number of benzene rings is 1. The summed E-state index contributed by atoms with van der Waals surface area (Å²) in [5, 5.41) is 0. The number of furan rings is 1. The smallest absolute Gasteiger partial charge is 0.290 e. The maximum absolute atomic E-state index is 12.4. The Morgan fingerprint density at radius 3 is 2.91 bits per heavy atom. The van der Waals surface area contributed by atoms with Crippen molar-refractivity contribution in [3.63, 3.8) is 0 Å². The third kappa shape index (κ3) is 2.44. The van der Waals surface area contributed by atoms with Crippen LogP contribution in [-0.2, 0) is 13.1 Å². The number of carbonyl (C=O) groups excluding carboxylic acids is 1. The quantitative estimate of drug-likeness (QED) is 0.731. The average molecular weight is 307 g/mol. The summed E-state index contributed by atoms with van der Waals surface area (Å²) >= 11 is 0. The van der Waals surface area contributed by atoms with Crippen molar-refractivity contribution in [1.82, 2.24) is 14.5 Å². The highest BCUT2D eigenvalue weighted by Crippen LogP contribution is 2.25. The molecule has 116 valence electrons. The Bertz CT molecular complexity index is 849. The number of aryl methyl sites for hydroxylation is 1. The van der Waals surface area contributed by atoms with E-state index < -0.39 is 0 Å². The molecule has 23 heavy (non-hydrogen) atoms. The molecule has 3 heterocycles. The van der Waals surface area contributed by atoms with E-state index in [0.29, 0.717) is 18.8 Å². The van der Waals surface area contributed by atoms with Crippen LogP contribution in [0.15, 0.2) is 53.3 Å². The van der Waals surface area contributed by atoms with Gasteiger partial charge in [0.2, 0.25) is 0 Å². The lowest BCUT2D eigenvalue weighted by Gasteiger charge is -2.28. The van der Waals surface area contributed by atoms with Crippen LogP contribution in [0.1, 0.15) is 21.9 Å². The summed E-state index contributed by atoms with van der Waals surface area (Å²) in [6, 6.07) is 11.8. The van der Waals surface area contributed by atoms with E-state index in [0.717, 1.165) is 23.6 Å². The van der Waals surface area contributed by atoms with Gasteiger partial charge in [0.15, 0.2) is 5.76 Å². The zero-order chi connectivity index (χ0) is 15.8. The third-order valence-corrected chi connectivity index (χ3v) is 4.20. The van der Waals surface area contributed by atoms with Crippen LogP contribution in [0.25, 0.3) is 11.3 Å². The molecule has 4 rings (SSSR count). The summed E-state index contributed by atoms with van der Waals surface area (Å²) in [6.07, 6.45) is 3.42. The normalized spacial score (nSPS) is 13.9. The number of hydrogen-bond acceptors (Lipinski definition) is 3. The Kier molecular flexibility index (Phi) is 3.26. The number of rotatable bonds is 2. The van der Waals surface area contributed by atoms with Crippen LogP contribution < -0.4 is 0 Å². The fourth-order valence-electron chi connectivity index (χ4n) is 3.02. The third-order valence-electron chi connectivity index (χ3n) is 4.20. The molecule has 1 amide bonds. The molecule has 0 unspecified atom stereocenters. The van der Waals surface area contributed by atoms with Crippen LogP contribution in [0.4, 0.5) is 0 Å². The van der Waals surface area contributed by atoms with Gasteiger partial charge in [-0.2, -0.15) is 0 Å². The minimum absolute atomic E-state index is 0.0821. The van der Waals surface area contributed by atoms with Crippen LogP contribution >= 0.6 is 0 Å². The second-order valence-corrected chi connectivity index (χ2v) is 5.78. The van der Waals surface area contributed by atoms with Gasteiger partial charge in [-0.05, 0) is 25.1 Å². The maximum atomic E-state index is 12.4. The van der Waals surface area contributed by atoms with E-state index in [1.807, 2.05) is 6.20 Å². The highest BCUT2D eigenvalue weighted by molar-refractivity contribution is 5.91. The Morgan fingerprint density at radius 1 is 1.22 bits per heavy atom. The van der Waals surface area contributed by atoms with Crippen molar-refractivity contribution in [2.24, 2.45) is 0 Å². The number of carbonyl (C=O) groups is 1. The molecule has 3 aromatic rings. The zero-order valence-electron chi connectivity index (χ0n) is 12.9. The molecular formula is C18H17N3O2. The lowest BCUT2D eigenvalue weighted by atomic mass is 10.1. The second-order valence-electron chi connectivity index (χ2n) is 5.78. The molecule has 0 radical (unpaired) electrons. The molecular weight excluding hydrogens is 290 g/mol. The fourth-order valence-corrected chi connectivity index (χ4v) is 3.02. The summed E-state index contributed by atoms with van der Waals surface area (Å²) < 4.78 is 7.40. The largest absolute Gasteiger partial charge is 0.459 e. The molecule has 0 fully saturated rings. The number of imidazole rings is 1. The average Bonchev–Trinajstić information content (AvgIpc) is 3.23. The van der Waals surface area contributed by atoms with Gasteiger partial charge in [-0.1, -0.05) is 23.8 Å². The van der Waals surface area contributed by atoms with Gasteiger partial charge in [0.1, 0.15) is 5.82 Å². The van der Waals surface area contributed by atoms with E-state index in [4.69, 9.17) is 4.42 Å². The monoisotopic (exact) mass is 307 g/mol. The van der Waals surface area contributed by atoms with Crippen molar-refractivity contribution in [2.45, 2.75) is 20.0 Å². The SMILES string of the molecule is Cc1cccc(-c2cnc3n2CCN(C(=O)c2ccco2)C3)c1. The van der Waals surface area contributed by atoms with Crippen LogP contribution in [0.5, 0.6) is 0 Å². The van der Waals surface area contributed by atoms with E-state index in [1.54, 1.807) is 17.0 Å². The molecule has 1 aliphatic heterocycles. The first kappa shape index (κ1) is 13.8. The summed E-state index contributed by atoms with van der Waals surface area (Å²) in [4.78, 5) is 18.7. The molecule has 0 N–H and O–H groups in total. The molecule has 1 aliphatic rings. The first-order valence-corrected chi connectivity index (χ1v) is 7.66. The summed E-state index contributed by atoms with van der Waals surface area (Å²) in [5.74, 6) is 1.21. The van der Waals surface area contributed by atoms with Crippen molar-refractivity contribution >= 4 is 5.91 Å². The van der Waals surface area contributed by atoms with E-state index in [1.165, 1.54) is 11.8 Å². The molecule has 0 saturated heterocycles. The van der Waals surface area contributed by atoms with Crippen molar-refractivity contribution in [3.05, 3.63) is 66.0 Å². The number of hydrogen-bond donors (Lipinski definition) is 0. The number of nitrogens with zero attached hydrogens (tertiary/aromatic N) is 3. The lowest BCUT2D eigenvalue weighted by Crippen LogP contribution is -2.38. The van der Waals surface area contributed by atoms with Gasteiger partial charge in [0.05, 0.1) is 24.7 Å². The summed E-state index contributed by atoms with van der Waals surface area (Å²) in [5.41, 5.74) is 3.49. The molecule has 0 bridgehead atoms. The van der Waals surface area contributed by atoms with Gasteiger partial charge in [-0.25, -0.2) is 4.98 Å². The Morgan fingerprint density at radius 2 is 2.13 bits per heavy atom. The number of aromatic nitrogens is 2. The molecule has 2 aromatic heterocycles. The van der Waals surface area contributed by atoms with Crippen LogP contribution in [0.2, 0.25) is 0 Å². The van der Waals surface area contributed by atoms with Crippen molar-refractivity contribution in [3.8, 4) is 11.3 Å². The van der Waals surface area contributed by atoms with E-state index in [2.05, 4.69) is 40.7 Å². The van der Waals surface area contributed by atoms with Crippen molar-refractivity contribution < 1.29 is 9.21 Å². The van der Waals surface area contributed by atoms with E-state index in [9.17, 15) is 4.79 Å². The number of amides is 1. The summed E-state index contributed by atoms with van der Waals surface area (Å²) in [6.45, 7) is 3.98. The van der Waals surface area contributed by atoms with Crippen molar-refractivity contribution in [2.75, 3.05) is 6.54 Å². The molecule has 0 aliphatic carbocycles. The van der Waals surface area contributed by atoms with E-state index in [-0.39, 0.29) is 5.91 Å². The minimum Gasteiger partial charge on any atom is -0.459 e. The zero-order valence-corrected chi connectivity index (χ0v) is 12.9. The summed E-state index contributed by atoms with van der Waals surface area (Å²) in [7, 11) is 0. The molecule has 0 atom stereocenters. The standard InChI is InChI=1S/C18H17N3O2/c1-13-4-2-5-14(10-13)15-11-19-17-12-20(7-8-21(15)17)18(22)16-6-3-9-23-16/h2-6,9-11H,7-8,12H2,1H3. The first-order valence-electron chi connectivity index (χ1n) is 7.66. The topological polar surface area (TPSA) is 51.3 Å². The van der Waals surface area contributed by atoms with Crippen LogP contribution in [0, 0.1) is 6.92 Å². The second kappa shape index (κ2) is 5.43. The molecule has 1 aromatic carbocycles. The van der Waals surface area contributed by atoms with Gasteiger partial charge in [-0.3, -0.25) is 4.79 Å². The van der Waals surface area contributed by atoms with Gasteiger partial charge >= 0.3 is 0 Å². The van der Waals surface area contributed by atoms with Gasteiger partial charge in [-0.15, -0.1) is 0 Å². The van der Waals surface area contributed by atoms with Gasteiger partial charge in [0, 0.05) is 18.7 Å². The molecule has 5 nitrogen and oxygen atoms in total. The maximum Gasteiger partial charge on any atom is 0.290 e. The predicted octanol–water partition coefficient (Wildman–Crippen LogP) is 3.11. The minimum atomic E-state index is -0.0821. The number of fused-ring (bicyclic) bond motifs is 1. The molecule has 5 heteroatoms. The van der Waals surface area contributed by atoms with Gasteiger partial charge in [0.25, 0.3) is 5.91 Å².